The van der Waals surface area contributed by atoms with E-state index in [0.717, 1.165) is 75.3 Å². The van der Waals surface area contributed by atoms with E-state index in [0.29, 0.717) is 76.1 Å². The number of aromatic hydroxyl groups is 3. The highest BCUT2D eigenvalue weighted by Crippen LogP contribution is 2.37. The molecule has 16 heteroatoms. The van der Waals surface area contributed by atoms with Gasteiger partial charge < -0.3 is 75.1 Å². The average Bonchev–Trinajstić information content (AvgIpc) is 3.38. The van der Waals surface area contributed by atoms with Crippen LogP contribution in [0.4, 0.5) is 0 Å². The van der Waals surface area contributed by atoms with E-state index in [4.69, 9.17) is 24.1 Å². The van der Waals surface area contributed by atoms with Crippen molar-refractivity contribution in [3.8, 4) is 17.2 Å². The second kappa shape index (κ2) is 37.1. The number of carbonyl (C=O) groups is 1. The lowest BCUT2D eigenvalue weighted by atomic mass is 9.96. The molecule has 5 rings (SSSR count). The zero-order valence-corrected chi connectivity index (χ0v) is 45.1. The van der Waals surface area contributed by atoms with Crippen molar-refractivity contribution in [2.75, 3.05) is 0 Å². The first-order valence-corrected chi connectivity index (χ1v) is 27.8. The van der Waals surface area contributed by atoms with E-state index in [2.05, 4.69) is 6.92 Å². The largest absolute Gasteiger partial charge is 0.508 e. The Morgan fingerprint density at radius 2 is 0.840 bits per heavy atom. The number of ether oxygens (including phenoxy) is 4. The van der Waals surface area contributed by atoms with Crippen molar-refractivity contribution >= 4 is 6.29 Å². The number of hydrogen-bond donors (Lipinski definition) is 11. The Balaban J connectivity index is 0.000000368. The van der Waals surface area contributed by atoms with Gasteiger partial charge in [0.25, 0.3) is 0 Å². The van der Waals surface area contributed by atoms with Gasteiger partial charge in [-0.05, 0) is 165 Å². The van der Waals surface area contributed by atoms with Crippen molar-refractivity contribution in [2.45, 2.75) is 255 Å². The zero-order valence-electron chi connectivity index (χ0n) is 45.1. The van der Waals surface area contributed by atoms with Crippen LogP contribution in [0.15, 0.2) is 72.8 Å². The van der Waals surface area contributed by atoms with E-state index in [-0.39, 0.29) is 66.7 Å². The van der Waals surface area contributed by atoms with Crippen molar-refractivity contribution in [3.05, 3.63) is 89.5 Å². The third kappa shape index (κ3) is 27.9. The van der Waals surface area contributed by atoms with Crippen molar-refractivity contribution < 1.29 is 79.9 Å². The third-order valence-corrected chi connectivity index (χ3v) is 13.9. The molecule has 14 atom stereocenters. The number of aliphatic hydroxyl groups is 8. The van der Waals surface area contributed by atoms with Crippen LogP contribution in [0.3, 0.4) is 0 Å². The molecule has 14 unspecified atom stereocenters. The van der Waals surface area contributed by atoms with Crippen LogP contribution in [-0.4, -0.2) is 136 Å². The van der Waals surface area contributed by atoms with Crippen molar-refractivity contribution in [1.29, 1.82) is 0 Å². The Hall–Kier alpha value is -3.75. The molecule has 0 saturated carbocycles. The average molecular weight is 1060 g/mol. The lowest BCUT2D eigenvalue weighted by Crippen LogP contribution is -2.36. The molecule has 0 aliphatic carbocycles. The van der Waals surface area contributed by atoms with Gasteiger partial charge in [0, 0.05) is 29.5 Å². The van der Waals surface area contributed by atoms with Gasteiger partial charge in [0.1, 0.15) is 23.5 Å². The first-order valence-electron chi connectivity index (χ1n) is 27.8. The maximum Gasteiger partial charge on any atom is 0.184 e. The predicted molar refractivity (Wildman–Crippen MR) is 287 cm³/mol. The molecule has 0 bridgehead atoms. The SMILES string of the molecule is CCC(O)CCCC(O)CC(O)CCCC(O)CC(O)CC(O)CC.CCC(O)CCCC1CC(CCCC(O)CC2CC(CC)OC(c3cccc(O)c3)O2)OC(c2cccc(O)c2)O1.O=Cc1cccc(O)c1. The second-order valence-corrected chi connectivity index (χ2v) is 20.6. The fraction of sp³-hybridized carbons (Fsp3) is 0.678. The molecule has 3 aromatic carbocycles. The zero-order chi connectivity index (χ0) is 55.1. The van der Waals surface area contributed by atoms with Gasteiger partial charge in [-0.15, -0.1) is 0 Å². The highest BCUT2D eigenvalue weighted by molar-refractivity contribution is 5.75. The summed E-state index contributed by atoms with van der Waals surface area (Å²) in [4.78, 5) is 10.0. The summed E-state index contributed by atoms with van der Waals surface area (Å²) in [7, 11) is 0. The summed E-state index contributed by atoms with van der Waals surface area (Å²) in [6, 6.07) is 20.1. The van der Waals surface area contributed by atoms with Crippen LogP contribution >= 0.6 is 0 Å². The number of aliphatic hydroxyl groups excluding tert-OH is 8. The second-order valence-electron chi connectivity index (χ2n) is 20.6. The first kappa shape index (κ1) is 65.5. The summed E-state index contributed by atoms with van der Waals surface area (Å²) in [5.74, 6) is 0.474. The Bertz CT molecular complexity index is 1940. The van der Waals surface area contributed by atoms with E-state index in [1.54, 1.807) is 48.5 Å². The minimum atomic E-state index is -0.713. The molecule has 2 saturated heterocycles. The summed E-state index contributed by atoms with van der Waals surface area (Å²) in [6.45, 7) is 7.83. The van der Waals surface area contributed by atoms with Crippen LogP contribution in [0.5, 0.6) is 17.2 Å². The van der Waals surface area contributed by atoms with Gasteiger partial charge in [-0.2, -0.15) is 0 Å². The molecule has 0 amide bonds. The Morgan fingerprint density at radius 3 is 1.28 bits per heavy atom. The number of rotatable bonds is 31. The molecule has 0 spiro atoms. The normalized spacial score (nSPS) is 22.9. The fourth-order valence-corrected chi connectivity index (χ4v) is 9.34. The minimum Gasteiger partial charge on any atom is -0.508 e. The molecule has 11 N–H and O–H groups in total. The third-order valence-electron chi connectivity index (χ3n) is 13.9. The van der Waals surface area contributed by atoms with E-state index < -0.39 is 49.2 Å². The number of carbonyl (C=O) groups excluding carboxylic acids is 1. The molecule has 3 aromatic rings. The van der Waals surface area contributed by atoms with E-state index >= 15 is 0 Å². The number of benzene rings is 3. The number of phenols is 3. The maximum atomic E-state index is 10.9. The number of aldehydes is 1. The molecule has 2 aliphatic rings. The Kier molecular flexibility index (Phi) is 32.4. The summed E-state index contributed by atoms with van der Waals surface area (Å²) in [5, 5.41) is 108. The molecule has 0 radical (unpaired) electrons. The molecule has 75 heavy (non-hydrogen) atoms. The van der Waals surface area contributed by atoms with Crippen LogP contribution in [0.25, 0.3) is 0 Å². The molecule has 426 valence electrons. The Morgan fingerprint density at radius 1 is 0.453 bits per heavy atom. The van der Waals surface area contributed by atoms with E-state index in [9.17, 15) is 55.9 Å². The van der Waals surface area contributed by atoms with Gasteiger partial charge in [-0.25, -0.2) is 0 Å². The lowest BCUT2D eigenvalue weighted by Gasteiger charge is -2.37. The fourth-order valence-electron chi connectivity index (χ4n) is 9.34. The van der Waals surface area contributed by atoms with Crippen molar-refractivity contribution in [2.24, 2.45) is 0 Å². The molecule has 16 nitrogen and oxygen atoms in total. The molecule has 2 aliphatic heterocycles. The van der Waals surface area contributed by atoms with E-state index in [1.165, 1.54) is 12.1 Å². The number of hydrogen-bond acceptors (Lipinski definition) is 16. The van der Waals surface area contributed by atoms with Gasteiger partial charge >= 0.3 is 0 Å². The topological polar surface area (TPSA) is 277 Å². The quantitative estimate of drug-likeness (QED) is 0.0268. The monoisotopic (exact) mass is 1060 g/mol. The van der Waals surface area contributed by atoms with Gasteiger partial charge in [-0.1, -0.05) is 64.1 Å². The van der Waals surface area contributed by atoms with Gasteiger partial charge in [0.2, 0.25) is 0 Å². The van der Waals surface area contributed by atoms with Crippen LogP contribution in [0, 0.1) is 0 Å². The van der Waals surface area contributed by atoms with Gasteiger partial charge in [-0.3, -0.25) is 4.79 Å². The predicted octanol–water partition coefficient (Wildman–Crippen LogP) is 9.10. The molecular weight excluding hydrogens is 965 g/mol. The number of phenolic OH excluding ortho intramolecular Hbond substituents is 3. The smallest absolute Gasteiger partial charge is 0.184 e. The highest BCUT2D eigenvalue weighted by Gasteiger charge is 2.33. The van der Waals surface area contributed by atoms with Crippen LogP contribution in [0.2, 0.25) is 0 Å². The molecule has 2 heterocycles. The first-order chi connectivity index (χ1) is 35.9. The highest BCUT2D eigenvalue weighted by atomic mass is 16.7. The summed E-state index contributed by atoms with van der Waals surface area (Å²) >= 11 is 0. The minimum absolute atomic E-state index is 0.00560. The standard InChI is InChI=1S/C33H48O8.C19H40O6.C7H6O2/c1-3-24(34)11-7-15-29-21-30(40-33(39-29)23-10-6-13-26(36)18-23)16-8-14-27(37)19-31-20-28(4-2)38-32(41-31)22-9-5-12-25(35)17-22;1-3-14(20)7-5-8-16(22)12-17(23)9-6-10-18(24)13-19(25)11-15(21)4-2;8-5-6-2-1-3-7(9)4-6/h5-6,9-10,12-13,17-18,24,27-37H,3-4,7-8,11,14-16,19-21H2,1-2H3;14-25H,3-13H2,1-2H3;1-5,9H. The van der Waals surface area contributed by atoms with Crippen LogP contribution in [0.1, 0.15) is 203 Å². The van der Waals surface area contributed by atoms with Crippen molar-refractivity contribution in [1.82, 2.24) is 0 Å². The molecular formula is C59H94O16. The van der Waals surface area contributed by atoms with Crippen LogP contribution in [-0.2, 0) is 18.9 Å². The summed E-state index contributed by atoms with van der Waals surface area (Å²) in [5.41, 5.74) is 2.06. The van der Waals surface area contributed by atoms with Gasteiger partial charge in [0.05, 0.1) is 73.2 Å². The maximum absolute atomic E-state index is 10.9. The van der Waals surface area contributed by atoms with Crippen LogP contribution < -0.4 is 0 Å². The van der Waals surface area contributed by atoms with E-state index in [1.807, 2.05) is 32.9 Å². The summed E-state index contributed by atoms with van der Waals surface area (Å²) < 4.78 is 24.9. The molecule has 2 fully saturated rings. The van der Waals surface area contributed by atoms with Gasteiger partial charge in [0.15, 0.2) is 12.6 Å². The summed E-state index contributed by atoms with van der Waals surface area (Å²) in [6.07, 6.45) is 9.32. The lowest BCUT2D eigenvalue weighted by molar-refractivity contribution is -0.253. The Labute approximate surface area is 446 Å². The van der Waals surface area contributed by atoms with Crippen molar-refractivity contribution in [3.63, 3.8) is 0 Å². The molecule has 0 aromatic heterocycles.